The molecule has 0 radical (unpaired) electrons. The first kappa shape index (κ1) is 17.1. The monoisotopic (exact) mass is 344 g/mol. The number of hydrogen-bond acceptors (Lipinski definition) is 5. The predicted octanol–water partition coefficient (Wildman–Crippen LogP) is 2.01. The summed E-state index contributed by atoms with van der Waals surface area (Å²) in [4.78, 5) is 17.0. The zero-order chi connectivity index (χ0) is 18.0. The Labute approximate surface area is 147 Å². The van der Waals surface area contributed by atoms with E-state index in [4.69, 9.17) is 9.47 Å². The number of aromatic amines is 1. The Bertz CT molecular complexity index is 722. The van der Waals surface area contributed by atoms with Gasteiger partial charge in [-0.3, -0.25) is 9.89 Å². The minimum absolute atomic E-state index is 0.00233. The topological polar surface area (TPSA) is 70.7 Å². The highest BCUT2D eigenvalue weighted by Gasteiger charge is 2.25. The molecule has 0 atom stereocenters. The maximum atomic E-state index is 12.8. The van der Waals surface area contributed by atoms with E-state index in [1.54, 1.807) is 32.4 Å². The van der Waals surface area contributed by atoms with Gasteiger partial charge in [0.25, 0.3) is 5.91 Å². The van der Waals surface area contributed by atoms with E-state index in [1.165, 1.54) is 0 Å². The van der Waals surface area contributed by atoms with E-state index < -0.39 is 0 Å². The minimum Gasteiger partial charge on any atom is -0.497 e. The molecule has 7 nitrogen and oxygen atoms in total. The number of piperazine rings is 1. The van der Waals surface area contributed by atoms with Crippen molar-refractivity contribution in [3.63, 3.8) is 0 Å². The minimum atomic E-state index is -0.00233. The second kappa shape index (κ2) is 7.04. The summed E-state index contributed by atoms with van der Waals surface area (Å²) in [7, 11) is 3.16. The Hall–Kier alpha value is -2.70. The van der Waals surface area contributed by atoms with Crippen molar-refractivity contribution in [1.82, 2.24) is 15.1 Å². The number of carbonyl (C=O) groups excluding carboxylic acids is 1. The number of hydrogen-bond donors (Lipinski definition) is 1. The Morgan fingerprint density at radius 2 is 1.64 bits per heavy atom. The van der Waals surface area contributed by atoms with Crippen LogP contribution in [0.5, 0.6) is 11.5 Å². The lowest BCUT2D eigenvalue weighted by atomic mass is 10.1. The van der Waals surface area contributed by atoms with Crippen molar-refractivity contribution in [2.75, 3.05) is 45.3 Å². The normalized spacial score (nSPS) is 14.6. The second-order valence-electron chi connectivity index (χ2n) is 6.16. The average molecular weight is 344 g/mol. The van der Waals surface area contributed by atoms with E-state index in [0.717, 1.165) is 30.2 Å². The zero-order valence-corrected chi connectivity index (χ0v) is 15.1. The van der Waals surface area contributed by atoms with Crippen LogP contribution in [-0.2, 0) is 0 Å². The van der Waals surface area contributed by atoms with Crippen molar-refractivity contribution in [2.45, 2.75) is 13.8 Å². The highest BCUT2D eigenvalue weighted by atomic mass is 16.5. The van der Waals surface area contributed by atoms with Crippen molar-refractivity contribution in [1.29, 1.82) is 0 Å². The lowest BCUT2D eigenvalue weighted by Crippen LogP contribution is -2.49. The van der Waals surface area contributed by atoms with E-state index in [0.29, 0.717) is 30.2 Å². The van der Waals surface area contributed by atoms with E-state index in [2.05, 4.69) is 15.1 Å². The summed E-state index contributed by atoms with van der Waals surface area (Å²) in [6.45, 7) is 6.93. The van der Waals surface area contributed by atoms with Gasteiger partial charge in [-0.05, 0) is 26.0 Å². The number of ether oxygens (including phenoxy) is 2. The summed E-state index contributed by atoms with van der Waals surface area (Å²) in [6, 6.07) is 5.27. The Balaban J connectivity index is 1.72. The molecule has 7 heteroatoms. The van der Waals surface area contributed by atoms with Crippen molar-refractivity contribution >= 4 is 11.6 Å². The Morgan fingerprint density at radius 3 is 2.12 bits per heavy atom. The molecule has 0 saturated carbocycles. The number of rotatable bonds is 4. The van der Waals surface area contributed by atoms with Gasteiger partial charge in [0.1, 0.15) is 11.5 Å². The molecular formula is C18H24N4O3. The summed E-state index contributed by atoms with van der Waals surface area (Å²) in [5.41, 5.74) is 3.79. The third kappa shape index (κ3) is 3.40. The van der Waals surface area contributed by atoms with Gasteiger partial charge in [-0.15, -0.1) is 0 Å². The summed E-state index contributed by atoms with van der Waals surface area (Å²) < 4.78 is 10.5. The highest BCUT2D eigenvalue weighted by Crippen LogP contribution is 2.26. The molecule has 3 rings (SSSR count). The van der Waals surface area contributed by atoms with Crippen LogP contribution in [0.3, 0.4) is 0 Å². The molecule has 0 bridgehead atoms. The average Bonchev–Trinajstić information content (AvgIpc) is 2.99. The SMILES string of the molecule is COc1cc(OC)cc(C(=O)N2CCN(c3c(C)n[nH]c3C)CC2)c1. The molecule has 1 aliphatic heterocycles. The molecule has 2 heterocycles. The van der Waals surface area contributed by atoms with Crippen molar-refractivity contribution in [2.24, 2.45) is 0 Å². The van der Waals surface area contributed by atoms with Crippen LogP contribution in [0.15, 0.2) is 18.2 Å². The molecule has 0 spiro atoms. The number of aromatic nitrogens is 2. The van der Waals surface area contributed by atoms with Crippen molar-refractivity contribution < 1.29 is 14.3 Å². The summed E-state index contributed by atoms with van der Waals surface area (Å²) in [5.74, 6) is 1.23. The number of nitrogens with zero attached hydrogens (tertiary/aromatic N) is 3. The number of benzene rings is 1. The molecule has 1 amide bonds. The van der Waals surface area contributed by atoms with Gasteiger partial charge < -0.3 is 19.3 Å². The molecule has 1 fully saturated rings. The van der Waals surface area contributed by atoms with Crippen LogP contribution >= 0.6 is 0 Å². The number of methoxy groups -OCH3 is 2. The van der Waals surface area contributed by atoms with Gasteiger partial charge >= 0.3 is 0 Å². The van der Waals surface area contributed by atoms with Crippen LogP contribution in [0.4, 0.5) is 5.69 Å². The summed E-state index contributed by atoms with van der Waals surface area (Å²) in [5, 5.41) is 7.28. The Morgan fingerprint density at radius 1 is 1.04 bits per heavy atom. The van der Waals surface area contributed by atoms with Gasteiger partial charge in [0, 0.05) is 37.8 Å². The molecular weight excluding hydrogens is 320 g/mol. The third-order valence-electron chi connectivity index (χ3n) is 4.57. The second-order valence-corrected chi connectivity index (χ2v) is 6.16. The maximum Gasteiger partial charge on any atom is 0.254 e. The van der Waals surface area contributed by atoms with Gasteiger partial charge in [0.15, 0.2) is 0 Å². The van der Waals surface area contributed by atoms with Gasteiger partial charge in [0.2, 0.25) is 0 Å². The molecule has 0 unspecified atom stereocenters. The molecule has 1 aliphatic rings. The molecule has 0 aliphatic carbocycles. The molecule has 2 aromatic rings. The number of amides is 1. The van der Waals surface area contributed by atoms with E-state index in [9.17, 15) is 4.79 Å². The highest BCUT2D eigenvalue weighted by molar-refractivity contribution is 5.95. The van der Waals surface area contributed by atoms with Gasteiger partial charge in [-0.25, -0.2) is 0 Å². The predicted molar refractivity (Wildman–Crippen MR) is 95.7 cm³/mol. The lowest BCUT2D eigenvalue weighted by Gasteiger charge is -2.36. The number of aryl methyl sites for hydroxylation is 2. The van der Waals surface area contributed by atoms with Crippen molar-refractivity contribution in [3.05, 3.63) is 35.2 Å². The fraction of sp³-hybridized carbons (Fsp3) is 0.444. The van der Waals surface area contributed by atoms with Crippen LogP contribution < -0.4 is 14.4 Å². The van der Waals surface area contributed by atoms with Crippen molar-refractivity contribution in [3.8, 4) is 11.5 Å². The van der Waals surface area contributed by atoms with E-state index in [-0.39, 0.29) is 5.91 Å². The maximum absolute atomic E-state index is 12.8. The van der Waals surface area contributed by atoms with Crippen LogP contribution in [0, 0.1) is 13.8 Å². The van der Waals surface area contributed by atoms with Gasteiger partial charge in [-0.2, -0.15) is 5.10 Å². The number of H-pyrrole nitrogens is 1. The largest absolute Gasteiger partial charge is 0.497 e. The first-order valence-corrected chi connectivity index (χ1v) is 8.32. The fourth-order valence-corrected chi connectivity index (χ4v) is 3.26. The fourth-order valence-electron chi connectivity index (χ4n) is 3.26. The van der Waals surface area contributed by atoms with Crippen LogP contribution in [-0.4, -0.2) is 61.4 Å². The Kier molecular flexibility index (Phi) is 4.83. The van der Waals surface area contributed by atoms with Crippen LogP contribution in [0.1, 0.15) is 21.7 Å². The molecule has 1 aromatic carbocycles. The molecule has 1 N–H and O–H groups in total. The summed E-state index contributed by atoms with van der Waals surface area (Å²) in [6.07, 6.45) is 0. The molecule has 134 valence electrons. The molecule has 25 heavy (non-hydrogen) atoms. The quantitative estimate of drug-likeness (QED) is 0.919. The first-order valence-electron chi connectivity index (χ1n) is 8.32. The van der Waals surface area contributed by atoms with Crippen LogP contribution in [0.25, 0.3) is 0 Å². The number of anilines is 1. The number of carbonyl (C=O) groups is 1. The van der Waals surface area contributed by atoms with Crippen LogP contribution in [0.2, 0.25) is 0 Å². The molecule has 1 saturated heterocycles. The van der Waals surface area contributed by atoms with Gasteiger partial charge in [0.05, 0.1) is 31.3 Å². The lowest BCUT2D eigenvalue weighted by molar-refractivity contribution is 0.0746. The smallest absolute Gasteiger partial charge is 0.254 e. The zero-order valence-electron chi connectivity index (χ0n) is 15.1. The summed E-state index contributed by atoms with van der Waals surface area (Å²) >= 11 is 0. The van der Waals surface area contributed by atoms with Gasteiger partial charge in [-0.1, -0.05) is 0 Å². The standard InChI is InChI=1S/C18H24N4O3/c1-12-17(13(2)20-19-12)21-5-7-22(8-6-21)18(23)14-9-15(24-3)11-16(10-14)25-4/h9-11H,5-8H2,1-4H3,(H,19,20). The van der Waals surface area contributed by atoms with E-state index in [1.807, 2.05) is 18.7 Å². The first-order chi connectivity index (χ1) is 12.0. The number of nitrogens with one attached hydrogen (secondary N) is 1. The molecule has 1 aromatic heterocycles. The third-order valence-corrected chi connectivity index (χ3v) is 4.57. The van der Waals surface area contributed by atoms with E-state index >= 15 is 0 Å².